The van der Waals surface area contributed by atoms with Crippen molar-refractivity contribution in [2.75, 3.05) is 19.0 Å². The molecule has 7 nitrogen and oxygen atoms in total. The zero-order valence-corrected chi connectivity index (χ0v) is 22.4. The molecule has 1 fully saturated rings. The van der Waals surface area contributed by atoms with E-state index < -0.39 is 6.09 Å². The Morgan fingerprint density at radius 1 is 1.12 bits per heavy atom. The number of carbonyl (C=O) groups is 2. The van der Waals surface area contributed by atoms with E-state index in [2.05, 4.69) is 28.3 Å². The normalized spacial score (nSPS) is 16.9. The summed E-state index contributed by atoms with van der Waals surface area (Å²) in [5, 5.41) is 12.4. The molecule has 2 heterocycles. The van der Waals surface area contributed by atoms with Gasteiger partial charge in [-0.15, -0.1) is 0 Å². The molecule has 3 aromatic rings. The summed E-state index contributed by atoms with van der Waals surface area (Å²) >= 11 is 0. The van der Waals surface area contributed by atoms with Crippen LogP contribution in [0.1, 0.15) is 63.4 Å². The molecule has 1 saturated carbocycles. The van der Waals surface area contributed by atoms with Crippen LogP contribution in [-0.4, -0.2) is 42.3 Å². The Morgan fingerprint density at radius 3 is 2.60 bits per heavy atom. The average Bonchev–Trinajstić information content (AvgIpc) is 3.72. The molecule has 40 heavy (non-hydrogen) atoms. The van der Waals surface area contributed by atoms with Crippen LogP contribution in [0.2, 0.25) is 0 Å². The van der Waals surface area contributed by atoms with E-state index in [1.54, 1.807) is 0 Å². The number of hydrogen-bond donors (Lipinski definition) is 1. The van der Waals surface area contributed by atoms with Crippen molar-refractivity contribution in [2.45, 2.75) is 44.1 Å². The summed E-state index contributed by atoms with van der Waals surface area (Å²) in [4.78, 5) is 32.4. The summed E-state index contributed by atoms with van der Waals surface area (Å²) < 4.78 is 4.67. The van der Waals surface area contributed by atoms with Gasteiger partial charge in [0.2, 0.25) is 0 Å². The number of nitrogens with one attached hydrogen (secondary N) is 1. The number of hydrogen-bond acceptors (Lipinski definition) is 5. The van der Waals surface area contributed by atoms with Gasteiger partial charge in [-0.1, -0.05) is 42.5 Å². The Labute approximate surface area is 233 Å². The molecule has 7 heteroatoms. The van der Waals surface area contributed by atoms with Crippen molar-refractivity contribution in [3.63, 3.8) is 0 Å². The highest BCUT2D eigenvalue weighted by Crippen LogP contribution is 2.45. The summed E-state index contributed by atoms with van der Waals surface area (Å²) in [6.45, 7) is 0.597. The van der Waals surface area contributed by atoms with Crippen molar-refractivity contribution in [2.24, 2.45) is 4.99 Å². The minimum atomic E-state index is -0.511. The Balaban J connectivity index is 1.26. The fraction of sp³-hybridized carbons (Fsp3) is 0.273. The summed E-state index contributed by atoms with van der Waals surface area (Å²) in [5.41, 5.74) is 8.45. The zero-order valence-electron chi connectivity index (χ0n) is 22.4. The van der Waals surface area contributed by atoms with Crippen LogP contribution in [0.4, 0.5) is 10.5 Å². The molecule has 200 valence electrons. The Hall–Kier alpha value is -4.70. The van der Waals surface area contributed by atoms with Crippen molar-refractivity contribution in [3.05, 3.63) is 106 Å². The number of allylic oxidation sites excluding steroid dienone is 1. The fourth-order valence-electron chi connectivity index (χ4n) is 5.87. The second kappa shape index (κ2) is 10.8. The van der Waals surface area contributed by atoms with Crippen LogP contribution in [0, 0.1) is 11.3 Å². The Kier molecular flexibility index (Phi) is 6.91. The maximum atomic E-state index is 14.0. The monoisotopic (exact) mass is 530 g/mol. The van der Waals surface area contributed by atoms with Gasteiger partial charge in [0.1, 0.15) is 0 Å². The minimum absolute atomic E-state index is 0.0166. The smallest absolute Gasteiger partial charge is 0.411 e. The van der Waals surface area contributed by atoms with Crippen LogP contribution >= 0.6 is 0 Å². The second-order valence-electron chi connectivity index (χ2n) is 10.5. The lowest BCUT2D eigenvalue weighted by Crippen LogP contribution is -2.49. The molecule has 3 aliphatic rings. The molecule has 0 saturated heterocycles. The number of carbonyl (C=O) groups excluding carboxylic acids is 2. The summed E-state index contributed by atoms with van der Waals surface area (Å²) in [5.74, 6) is 0.423. The van der Waals surface area contributed by atoms with E-state index in [1.807, 2.05) is 65.7 Å². The molecule has 0 bridgehead atoms. The highest BCUT2D eigenvalue weighted by Gasteiger charge is 2.38. The van der Waals surface area contributed by atoms with Crippen LogP contribution in [0.5, 0.6) is 0 Å². The molecule has 0 unspecified atom stereocenters. The van der Waals surface area contributed by atoms with Gasteiger partial charge in [-0.3, -0.25) is 15.1 Å². The third-order valence-electron chi connectivity index (χ3n) is 8.04. The van der Waals surface area contributed by atoms with Crippen molar-refractivity contribution >= 4 is 29.0 Å². The predicted octanol–water partition coefficient (Wildman–Crippen LogP) is 6.11. The van der Waals surface area contributed by atoms with Crippen LogP contribution in [0.25, 0.3) is 5.57 Å². The minimum Gasteiger partial charge on any atom is -0.453 e. The second-order valence-corrected chi connectivity index (χ2v) is 10.5. The van der Waals surface area contributed by atoms with E-state index in [4.69, 9.17) is 4.99 Å². The molecule has 6 rings (SSSR count). The molecular weight excluding hydrogens is 500 g/mol. The van der Waals surface area contributed by atoms with Gasteiger partial charge in [0.15, 0.2) is 0 Å². The first-order valence-corrected chi connectivity index (χ1v) is 13.7. The number of rotatable bonds is 7. The quantitative estimate of drug-likeness (QED) is 0.399. The maximum Gasteiger partial charge on any atom is 0.411 e. The van der Waals surface area contributed by atoms with Crippen molar-refractivity contribution in [1.29, 1.82) is 5.26 Å². The number of amides is 2. The fourth-order valence-corrected chi connectivity index (χ4v) is 5.87. The molecule has 1 N–H and O–H groups in total. The van der Waals surface area contributed by atoms with Gasteiger partial charge in [0, 0.05) is 36.1 Å². The van der Waals surface area contributed by atoms with E-state index in [0.29, 0.717) is 36.6 Å². The SMILES string of the molecule is COC(=O)Nc1ccc(C2=CN=C([C@H](Cc3ccccc3)N3CCc4c(ccc(C#N)c4C4CC4)C3=O)C2)cc1. The number of benzene rings is 3. The zero-order chi connectivity index (χ0) is 27.6. The highest BCUT2D eigenvalue weighted by atomic mass is 16.5. The van der Waals surface area contributed by atoms with Gasteiger partial charge in [0.05, 0.1) is 24.8 Å². The number of nitrogens with zero attached hydrogens (tertiary/aromatic N) is 3. The molecule has 1 atom stereocenters. The average molecular weight is 531 g/mol. The predicted molar refractivity (Wildman–Crippen MR) is 154 cm³/mol. The Bertz CT molecular complexity index is 1560. The third kappa shape index (κ3) is 5.01. The molecule has 0 radical (unpaired) electrons. The van der Waals surface area contributed by atoms with E-state index in [9.17, 15) is 14.9 Å². The largest absolute Gasteiger partial charge is 0.453 e. The number of nitriles is 1. The molecule has 1 aliphatic carbocycles. The standard InChI is InChI=1S/C33H30N4O3/c1-40-33(39)36-26-12-9-22(10-13-26)25-18-29(35-20-25)30(17-21-5-3-2-4-6-21)37-16-15-27-28(32(37)38)14-11-24(19-34)31(27)23-7-8-23/h2-6,9-14,20,23,30H,7-8,15-18H2,1H3,(H,36,39)/t30-/m0/s1. The van der Waals surface area contributed by atoms with E-state index in [0.717, 1.165) is 58.4 Å². The van der Waals surface area contributed by atoms with Gasteiger partial charge < -0.3 is 9.64 Å². The van der Waals surface area contributed by atoms with Crippen molar-refractivity contribution in [3.8, 4) is 6.07 Å². The Morgan fingerprint density at radius 2 is 1.90 bits per heavy atom. The molecule has 3 aromatic carbocycles. The lowest BCUT2D eigenvalue weighted by Gasteiger charge is -2.37. The van der Waals surface area contributed by atoms with E-state index in [1.165, 1.54) is 7.11 Å². The molecule has 0 spiro atoms. The first-order valence-electron chi connectivity index (χ1n) is 13.7. The van der Waals surface area contributed by atoms with Gasteiger partial charge in [-0.25, -0.2) is 4.79 Å². The highest BCUT2D eigenvalue weighted by molar-refractivity contribution is 6.06. The number of ether oxygens (including phenoxy) is 1. The van der Waals surface area contributed by atoms with Crippen LogP contribution in [0.15, 0.2) is 77.9 Å². The maximum absolute atomic E-state index is 14.0. The number of aliphatic imine (C=N–C) groups is 1. The van der Waals surface area contributed by atoms with E-state index >= 15 is 0 Å². The lowest BCUT2D eigenvalue weighted by atomic mass is 9.86. The van der Waals surface area contributed by atoms with Crippen molar-refractivity contribution in [1.82, 2.24) is 4.90 Å². The molecule has 2 aliphatic heterocycles. The first kappa shape index (κ1) is 25.6. The first-order chi connectivity index (χ1) is 19.6. The summed E-state index contributed by atoms with van der Waals surface area (Å²) in [7, 11) is 1.33. The van der Waals surface area contributed by atoms with Crippen LogP contribution < -0.4 is 5.32 Å². The van der Waals surface area contributed by atoms with E-state index in [-0.39, 0.29) is 11.9 Å². The van der Waals surface area contributed by atoms with Gasteiger partial charge in [-0.2, -0.15) is 5.26 Å². The number of fused-ring (bicyclic) bond motifs is 1. The van der Waals surface area contributed by atoms with Gasteiger partial charge >= 0.3 is 6.09 Å². The summed E-state index contributed by atoms with van der Waals surface area (Å²) in [6.07, 6.45) is 5.62. The molecule has 0 aromatic heterocycles. The lowest BCUT2D eigenvalue weighted by molar-refractivity contribution is 0.0706. The number of anilines is 1. The topological polar surface area (TPSA) is 94.8 Å². The molecule has 2 amide bonds. The molecular formula is C33H30N4O3. The van der Waals surface area contributed by atoms with Crippen LogP contribution in [-0.2, 0) is 17.6 Å². The van der Waals surface area contributed by atoms with Crippen molar-refractivity contribution < 1.29 is 14.3 Å². The van der Waals surface area contributed by atoms with Gasteiger partial charge in [0.25, 0.3) is 5.91 Å². The summed E-state index contributed by atoms with van der Waals surface area (Å²) in [6, 6.07) is 23.7. The van der Waals surface area contributed by atoms with Crippen LogP contribution in [0.3, 0.4) is 0 Å². The number of methoxy groups -OCH3 is 1. The van der Waals surface area contributed by atoms with Gasteiger partial charge in [-0.05, 0) is 83.7 Å². The third-order valence-corrected chi connectivity index (χ3v) is 8.04.